The van der Waals surface area contributed by atoms with Crippen molar-refractivity contribution in [2.45, 2.75) is 39.4 Å². The Labute approximate surface area is 142 Å². The first-order chi connectivity index (χ1) is 11.2. The molecule has 7 nitrogen and oxygen atoms in total. The summed E-state index contributed by atoms with van der Waals surface area (Å²) in [6, 6.07) is 6.16. The van der Waals surface area contributed by atoms with Gasteiger partial charge < -0.3 is 10.6 Å². The Morgan fingerprint density at radius 3 is 2.17 bits per heavy atom. The average molecular weight is 334 g/mol. The predicted octanol–water partition coefficient (Wildman–Crippen LogP) is 1.10. The minimum Gasteiger partial charge on any atom is -0.355 e. The van der Waals surface area contributed by atoms with Crippen LogP contribution in [-0.2, 0) is 11.3 Å². The van der Waals surface area contributed by atoms with Crippen molar-refractivity contribution in [3.63, 3.8) is 0 Å². The summed E-state index contributed by atoms with van der Waals surface area (Å²) in [7, 11) is 3.39. The molecule has 0 saturated carbocycles. The van der Waals surface area contributed by atoms with E-state index in [1.807, 2.05) is 30.9 Å². The van der Waals surface area contributed by atoms with Gasteiger partial charge in [0.15, 0.2) is 0 Å². The van der Waals surface area contributed by atoms with Crippen LogP contribution in [0.4, 0.5) is 4.79 Å². The van der Waals surface area contributed by atoms with Crippen molar-refractivity contribution in [2.24, 2.45) is 0 Å². The van der Waals surface area contributed by atoms with E-state index in [-0.39, 0.29) is 17.9 Å². The van der Waals surface area contributed by atoms with E-state index in [9.17, 15) is 14.4 Å². The Balaban J connectivity index is 2.59. The average Bonchev–Trinajstić information content (AvgIpc) is 2.53. The molecule has 0 aliphatic carbocycles. The van der Waals surface area contributed by atoms with Crippen LogP contribution in [0.3, 0.4) is 0 Å². The number of likely N-dealkylation sites (N-methyl/N-ethyl adjacent to an activating group) is 1. The van der Waals surface area contributed by atoms with E-state index >= 15 is 0 Å². The van der Waals surface area contributed by atoms with Crippen molar-refractivity contribution in [1.29, 1.82) is 0 Å². The van der Waals surface area contributed by atoms with Gasteiger partial charge in [0.2, 0.25) is 5.91 Å². The number of nitrogens with one attached hydrogen (secondary N) is 3. The lowest BCUT2D eigenvalue weighted by atomic mass is 10.1. The van der Waals surface area contributed by atoms with Gasteiger partial charge in [-0.2, -0.15) is 0 Å². The van der Waals surface area contributed by atoms with E-state index < -0.39 is 12.1 Å². The highest BCUT2D eigenvalue weighted by Crippen LogP contribution is 2.09. The van der Waals surface area contributed by atoms with Crippen LogP contribution in [0.2, 0.25) is 0 Å². The lowest BCUT2D eigenvalue weighted by molar-refractivity contribution is -0.124. The Kier molecular flexibility index (Phi) is 7.38. The van der Waals surface area contributed by atoms with Gasteiger partial charge >= 0.3 is 6.03 Å². The van der Waals surface area contributed by atoms with Crippen LogP contribution in [0.1, 0.15) is 36.7 Å². The number of nitrogens with zero attached hydrogens (tertiary/aromatic N) is 1. The van der Waals surface area contributed by atoms with Crippen LogP contribution in [0.15, 0.2) is 24.3 Å². The molecule has 0 aliphatic heterocycles. The van der Waals surface area contributed by atoms with Gasteiger partial charge in [0.05, 0.1) is 6.04 Å². The summed E-state index contributed by atoms with van der Waals surface area (Å²) in [6.45, 7) is 5.90. The van der Waals surface area contributed by atoms with E-state index in [1.165, 1.54) is 0 Å². The third kappa shape index (κ3) is 6.00. The van der Waals surface area contributed by atoms with Crippen LogP contribution >= 0.6 is 0 Å². The number of hydrogen-bond acceptors (Lipinski definition) is 4. The number of rotatable bonds is 6. The molecule has 4 amide bonds. The molecule has 0 aliphatic rings. The summed E-state index contributed by atoms with van der Waals surface area (Å²) in [4.78, 5) is 37.0. The number of amides is 4. The summed E-state index contributed by atoms with van der Waals surface area (Å²) in [5.41, 5.74) is 1.55. The molecule has 1 atom stereocenters. The molecule has 1 aromatic rings. The molecule has 1 rings (SSSR count). The first kappa shape index (κ1) is 19.6. The maximum atomic E-state index is 12.1. The summed E-state index contributed by atoms with van der Waals surface area (Å²) >= 11 is 0. The van der Waals surface area contributed by atoms with Crippen molar-refractivity contribution >= 4 is 17.8 Å². The molecule has 1 unspecified atom stereocenters. The van der Waals surface area contributed by atoms with E-state index in [4.69, 9.17) is 0 Å². The highest BCUT2D eigenvalue weighted by Gasteiger charge is 2.20. The molecule has 0 heterocycles. The van der Waals surface area contributed by atoms with Crippen molar-refractivity contribution in [2.75, 3.05) is 14.1 Å². The largest absolute Gasteiger partial charge is 0.355 e. The Morgan fingerprint density at radius 2 is 1.67 bits per heavy atom. The second-order valence-corrected chi connectivity index (χ2v) is 5.98. The van der Waals surface area contributed by atoms with Crippen LogP contribution in [0.5, 0.6) is 0 Å². The molecular weight excluding hydrogens is 308 g/mol. The number of carbonyl (C=O) groups is 3. The van der Waals surface area contributed by atoms with Gasteiger partial charge in [0.25, 0.3) is 5.91 Å². The fourth-order valence-electron chi connectivity index (χ4n) is 2.05. The second kappa shape index (κ2) is 9.02. The van der Waals surface area contributed by atoms with Gasteiger partial charge in [-0.15, -0.1) is 0 Å². The molecule has 0 aromatic heterocycles. The van der Waals surface area contributed by atoms with Gasteiger partial charge in [-0.1, -0.05) is 12.1 Å². The quantitative estimate of drug-likeness (QED) is 0.727. The molecule has 0 saturated heterocycles. The van der Waals surface area contributed by atoms with E-state index in [0.717, 1.165) is 5.56 Å². The Bertz CT molecular complexity index is 584. The smallest absolute Gasteiger partial charge is 0.321 e. The van der Waals surface area contributed by atoms with Gasteiger partial charge in [-0.25, -0.2) is 4.79 Å². The van der Waals surface area contributed by atoms with Gasteiger partial charge in [0, 0.05) is 25.2 Å². The fourth-order valence-corrected chi connectivity index (χ4v) is 2.05. The maximum absolute atomic E-state index is 12.1. The summed E-state index contributed by atoms with van der Waals surface area (Å²) in [5.74, 6) is -0.503. The van der Waals surface area contributed by atoms with Crippen molar-refractivity contribution in [1.82, 2.24) is 20.9 Å². The van der Waals surface area contributed by atoms with E-state index in [1.54, 1.807) is 33.2 Å². The molecule has 0 bridgehead atoms. The lowest BCUT2D eigenvalue weighted by Crippen LogP contribution is -2.49. The number of urea groups is 1. The second-order valence-electron chi connectivity index (χ2n) is 5.98. The molecule has 0 radical (unpaired) electrons. The first-order valence-corrected chi connectivity index (χ1v) is 7.87. The zero-order valence-corrected chi connectivity index (χ0v) is 14.8. The third-order valence-electron chi connectivity index (χ3n) is 3.57. The molecule has 24 heavy (non-hydrogen) atoms. The van der Waals surface area contributed by atoms with Crippen LogP contribution in [-0.4, -0.2) is 48.9 Å². The number of hydrogen-bond donors (Lipinski definition) is 3. The minimum atomic E-state index is -0.495. The molecular formula is C17H26N4O3. The van der Waals surface area contributed by atoms with Gasteiger partial charge in [-0.05, 0) is 45.5 Å². The van der Waals surface area contributed by atoms with Crippen LogP contribution < -0.4 is 16.0 Å². The molecule has 132 valence electrons. The molecule has 0 spiro atoms. The highest BCUT2D eigenvalue weighted by atomic mass is 16.2. The number of carbonyl (C=O) groups excluding carboxylic acids is 3. The molecule has 7 heteroatoms. The summed E-state index contributed by atoms with van der Waals surface area (Å²) < 4.78 is 0. The maximum Gasteiger partial charge on any atom is 0.321 e. The van der Waals surface area contributed by atoms with E-state index in [0.29, 0.717) is 12.1 Å². The third-order valence-corrected chi connectivity index (χ3v) is 3.57. The number of imide groups is 1. The van der Waals surface area contributed by atoms with Crippen LogP contribution in [0, 0.1) is 0 Å². The Morgan fingerprint density at radius 1 is 1.08 bits per heavy atom. The monoisotopic (exact) mass is 334 g/mol. The predicted molar refractivity (Wildman–Crippen MR) is 92.6 cm³/mol. The van der Waals surface area contributed by atoms with E-state index in [2.05, 4.69) is 16.0 Å². The molecule has 1 aromatic carbocycles. The topological polar surface area (TPSA) is 90.5 Å². The zero-order valence-electron chi connectivity index (χ0n) is 14.8. The fraction of sp³-hybridized carbons (Fsp3) is 0.471. The summed E-state index contributed by atoms with van der Waals surface area (Å²) in [6.07, 6.45) is 0. The number of benzene rings is 1. The standard InChI is InChI=1S/C17H26N4O3/c1-11(2)19-17(24)20-15(22)12(3)21(5)10-13-6-8-14(9-7-13)16(23)18-4/h6-9,11-12H,10H2,1-5H3,(H,18,23)(H2,19,20,22,24). The van der Waals surface area contributed by atoms with Crippen LogP contribution in [0.25, 0.3) is 0 Å². The lowest BCUT2D eigenvalue weighted by Gasteiger charge is -2.24. The molecule has 3 N–H and O–H groups in total. The van der Waals surface area contributed by atoms with Gasteiger partial charge in [0.1, 0.15) is 0 Å². The first-order valence-electron chi connectivity index (χ1n) is 7.87. The highest BCUT2D eigenvalue weighted by molar-refractivity contribution is 5.96. The van der Waals surface area contributed by atoms with Crippen molar-refractivity contribution < 1.29 is 14.4 Å². The van der Waals surface area contributed by atoms with Gasteiger partial charge in [-0.3, -0.25) is 19.8 Å². The normalized spacial score (nSPS) is 12.0. The minimum absolute atomic E-state index is 0.0373. The van der Waals surface area contributed by atoms with Crippen molar-refractivity contribution in [3.05, 3.63) is 35.4 Å². The zero-order chi connectivity index (χ0) is 18.3. The SMILES string of the molecule is CNC(=O)c1ccc(CN(C)C(C)C(=O)NC(=O)NC(C)C)cc1. The van der Waals surface area contributed by atoms with Crippen molar-refractivity contribution in [3.8, 4) is 0 Å². The summed E-state index contributed by atoms with van der Waals surface area (Å²) in [5, 5.41) is 7.50. The molecule has 0 fully saturated rings. The Hall–Kier alpha value is -2.41.